The van der Waals surface area contributed by atoms with Gasteiger partial charge in [-0.3, -0.25) is 4.79 Å². The van der Waals surface area contributed by atoms with Gasteiger partial charge in [0.2, 0.25) is 17.6 Å². The molecule has 0 atom stereocenters. The van der Waals surface area contributed by atoms with Crippen LogP contribution in [0, 0.1) is 0 Å². The van der Waals surface area contributed by atoms with E-state index >= 15 is 0 Å². The number of aromatic nitrogens is 2. The van der Waals surface area contributed by atoms with Crippen LogP contribution < -0.4 is 14.8 Å². The van der Waals surface area contributed by atoms with Crippen molar-refractivity contribution in [3.05, 3.63) is 41.6 Å². The molecule has 3 aromatic rings. The molecule has 2 aromatic heterocycles. The van der Waals surface area contributed by atoms with Crippen molar-refractivity contribution in [1.29, 1.82) is 0 Å². The fraction of sp³-hybridized carbons (Fsp3) is 0.235. The van der Waals surface area contributed by atoms with Crippen LogP contribution in [0.15, 0.2) is 40.2 Å². The third kappa shape index (κ3) is 3.63. The van der Waals surface area contributed by atoms with E-state index in [2.05, 4.69) is 15.5 Å². The molecule has 1 N–H and O–H groups in total. The van der Waals surface area contributed by atoms with Crippen molar-refractivity contribution < 1.29 is 18.8 Å². The molecule has 8 heteroatoms. The van der Waals surface area contributed by atoms with Gasteiger partial charge < -0.3 is 19.3 Å². The Morgan fingerprint density at radius 1 is 1.20 bits per heavy atom. The van der Waals surface area contributed by atoms with Crippen LogP contribution in [0.5, 0.6) is 11.5 Å². The van der Waals surface area contributed by atoms with Gasteiger partial charge in [0.25, 0.3) is 0 Å². The molecule has 0 fully saturated rings. The molecule has 0 radical (unpaired) electrons. The molecule has 25 heavy (non-hydrogen) atoms. The summed E-state index contributed by atoms with van der Waals surface area (Å²) in [4.78, 5) is 17.4. The molecule has 4 rings (SSSR count). The number of nitrogens with one attached hydrogen (secondary N) is 1. The summed E-state index contributed by atoms with van der Waals surface area (Å²) in [6, 6.07) is 9.18. The maximum Gasteiger partial charge on any atom is 0.227 e. The average molecular weight is 357 g/mol. The minimum absolute atomic E-state index is 0.132. The van der Waals surface area contributed by atoms with Gasteiger partial charge in [-0.1, -0.05) is 11.2 Å². The number of amides is 1. The summed E-state index contributed by atoms with van der Waals surface area (Å²) in [6.45, 7) is 1.05. The Balaban J connectivity index is 1.33. The lowest BCUT2D eigenvalue weighted by molar-refractivity contribution is -0.116. The maximum absolute atomic E-state index is 12.1. The molecule has 0 saturated heterocycles. The smallest absolute Gasteiger partial charge is 0.227 e. The lowest BCUT2D eigenvalue weighted by Gasteiger charge is -2.18. The number of anilines is 1. The second-order valence-electron chi connectivity index (χ2n) is 5.40. The van der Waals surface area contributed by atoms with Gasteiger partial charge in [0.05, 0.1) is 4.88 Å². The summed E-state index contributed by atoms with van der Waals surface area (Å²) in [5.74, 6) is 2.20. The maximum atomic E-state index is 12.1. The van der Waals surface area contributed by atoms with Gasteiger partial charge in [0.15, 0.2) is 11.5 Å². The molecule has 0 unspecified atom stereocenters. The quantitative estimate of drug-likeness (QED) is 0.755. The van der Waals surface area contributed by atoms with E-state index in [0.29, 0.717) is 48.5 Å². The van der Waals surface area contributed by atoms with E-state index in [1.807, 2.05) is 17.5 Å². The molecular formula is C17H15N3O4S. The van der Waals surface area contributed by atoms with E-state index in [0.717, 1.165) is 4.88 Å². The van der Waals surface area contributed by atoms with Gasteiger partial charge >= 0.3 is 0 Å². The van der Waals surface area contributed by atoms with Crippen LogP contribution >= 0.6 is 11.3 Å². The number of ether oxygens (including phenoxy) is 2. The van der Waals surface area contributed by atoms with Crippen LogP contribution in [0.25, 0.3) is 10.7 Å². The van der Waals surface area contributed by atoms with E-state index in [1.54, 1.807) is 29.5 Å². The number of benzene rings is 1. The minimum Gasteiger partial charge on any atom is -0.486 e. The Labute approximate surface area is 147 Å². The molecule has 0 spiro atoms. The van der Waals surface area contributed by atoms with Gasteiger partial charge in [0.1, 0.15) is 13.2 Å². The second kappa shape index (κ2) is 6.94. The fourth-order valence-electron chi connectivity index (χ4n) is 2.43. The molecule has 1 aromatic carbocycles. The minimum atomic E-state index is -0.132. The number of rotatable bonds is 5. The lowest BCUT2D eigenvalue weighted by atomic mass is 10.2. The number of carbonyl (C=O) groups is 1. The highest BCUT2D eigenvalue weighted by atomic mass is 32.1. The van der Waals surface area contributed by atoms with Crippen LogP contribution in [0.2, 0.25) is 0 Å². The van der Waals surface area contributed by atoms with Crippen molar-refractivity contribution in [2.45, 2.75) is 12.8 Å². The Morgan fingerprint density at radius 3 is 2.92 bits per heavy atom. The summed E-state index contributed by atoms with van der Waals surface area (Å²) >= 11 is 1.54. The van der Waals surface area contributed by atoms with Crippen LogP contribution in [0.1, 0.15) is 12.3 Å². The molecule has 0 aliphatic carbocycles. The molecule has 0 bridgehead atoms. The van der Waals surface area contributed by atoms with E-state index < -0.39 is 0 Å². The van der Waals surface area contributed by atoms with Crippen LogP contribution in [0.3, 0.4) is 0 Å². The van der Waals surface area contributed by atoms with Crippen molar-refractivity contribution in [3.63, 3.8) is 0 Å². The molecule has 1 aliphatic rings. The van der Waals surface area contributed by atoms with Gasteiger partial charge in [0, 0.05) is 24.6 Å². The lowest BCUT2D eigenvalue weighted by Crippen LogP contribution is -2.16. The number of hydrogen-bond acceptors (Lipinski definition) is 7. The zero-order valence-electron chi connectivity index (χ0n) is 13.2. The Bertz CT molecular complexity index is 876. The van der Waals surface area contributed by atoms with Crippen LogP contribution in [-0.2, 0) is 11.2 Å². The highest BCUT2D eigenvalue weighted by molar-refractivity contribution is 7.13. The fourth-order valence-corrected chi connectivity index (χ4v) is 3.08. The predicted octanol–water partition coefficient (Wildman–Crippen LogP) is 3.14. The first-order valence-electron chi connectivity index (χ1n) is 7.84. The molecule has 7 nitrogen and oxygen atoms in total. The highest BCUT2D eigenvalue weighted by Gasteiger charge is 2.14. The zero-order valence-corrected chi connectivity index (χ0v) is 14.0. The summed E-state index contributed by atoms with van der Waals surface area (Å²) in [5.41, 5.74) is 0.666. The second-order valence-corrected chi connectivity index (χ2v) is 6.34. The first-order valence-corrected chi connectivity index (χ1v) is 8.72. The van der Waals surface area contributed by atoms with Crippen molar-refractivity contribution in [2.75, 3.05) is 18.5 Å². The van der Waals surface area contributed by atoms with Gasteiger partial charge in [-0.05, 0) is 23.6 Å². The van der Waals surface area contributed by atoms with Gasteiger partial charge in [-0.2, -0.15) is 4.98 Å². The normalized spacial score (nSPS) is 12.8. The molecular weight excluding hydrogens is 342 g/mol. The summed E-state index contributed by atoms with van der Waals surface area (Å²) in [5, 5.41) is 8.72. The number of thiophene rings is 1. The van der Waals surface area contributed by atoms with E-state index in [1.165, 1.54) is 0 Å². The number of fused-ring (bicyclic) bond motifs is 1. The molecule has 1 amide bonds. The SMILES string of the molecule is O=C(CCc1nc(-c2cccs2)no1)Nc1ccc2c(c1)OCCO2. The average Bonchev–Trinajstić information content (AvgIpc) is 3.31. The van der Waals surface area contributed by atoms with E-state index in [-0.39, 0.29) is 12.3 Å². The van der Waals surface area contributed by atoms with Gasteiger partial charge in [-0.25, -0.2) is 0 Å². The number of nitrogens with zero attached hydrogens (tertiary/aromatic N) is 2. The van der Waals surface area contributed by atoms with Crippen LogP contribution in [0.4, 0.5) is 5.69 Å². The van der Waals surface area contributed by atoms with Gasteiger partial charge in [-0.15, -0.1) is 11.3 Å². The Morgan fingerprint density at radius 2 is 2.08 bits per heavy atom. The first-order chi connectivity index (χ1) is 12.3. The van der Waals surface area contributed by atoms with Crippen molar-refractivity contribution in [2.24, 2.45) is 0 Å². The predicted molar refractivity (Wildman–Crippen MR) is 92.0 cm³/mol. The molecule has 128 valence electrons. The molecule has 1 aliphatic heterocycles. The monoisotopic (exact) mass is 357 g/mol. The molecule has 0 saturated carbocycles. The van der Waals surface area contributed by atoms with Crippen molar-refractivity contribution >= 4 is 22.9 Å². The van der Waals surface area contributed by atoms with Crippen molar-refractivity contribution in [3.8, 4) is 22.2 Å². The molecule has 3 heterocycles. The number of aryl methyl sites for hydroxylation is 1. The standard InChI is InChI=1S/C17H15N3O4S/c21-15(18-11-3-4-12-13(10-11)23-8-7-22-12)5-6-16-19-17(20-24-16)14-2-1-9-25-14/h1-4,9-10H,5-8H2,(H,18,21). The van der Waals surface area contributed by atoms with Crippen molar-refractivity contribution in [1.82, 2.24) is 10.1 Å². The summed E-state index contributed by atoms with van der Waals surface area (Å²) in [7, 11) is 0. The summed E-state index contributed by atoms with van der Waals surface area (Å²) < 4.78 is 16.2. The zero-order chi connectivity index (χ0) is 17.1. The largest absolute Gasteiger partial charge is 0.486 e. The number of hydrogen-bond donors (Lipinski definition) is 1. The van der Waals surface area contributed by atoms with Crippen LogP contribution in [-0.4, -0.2) is 29.3 Å². The topological polar surface area (TPSA) is 86.5 Å². The number of carbonyl (C=O) groups excluding carboxylic acids is 1. The van der Waals surface area contributed by atoms with E-state index in [4.69, 9.17) is 14.0 Å². The summed E-state index contributed by atoms with van der Waals surface area (Å²) in [6.07, 6.45) is 0.634. The third-order valence-corrected chi connectivity index (χ3v) is 4.47. The Hall–Kier alpha value is -2.87. The highest BCUT2D eigenvalue weighted by Crippen LogP contribution is 2.32. The third-order valence-electron chi connectivity index (χ3n) is 3.60. The Kier molecular flexibility index (Phi) is 4.34. The van der Waals surface area contributed by atoms with E-state index in [9.17, 15) is 4.79 Å². The first kappa shape index (κ1) is 15.6.